The van der Waals surface area contributed by atoms with Gasteiger partial charge in [0, 0.05) is 31.9 Å². The van der Waals surface area contributed by atoms with Crippen LogP contribution in [-0.2, 0) is 0 Å². The minimum atomic E-state index is 0.0247. The predicted octanol–water partition coefficient (Wildman–Crippen LogP) is 0.0962. The third-order valence-electron chi connectivity index (χ3n) is 3.41. The van der Waals surface area contributed by atoms with Gasteiger partial charge in [-0.25, -0.2) is 14.6 Å². The van der Waals surface area contributed by atoms with Crippen LogP contribution in [0.1, 0.15) is 17.3 Å². The highest BCUT2D eigenvalue weighted by Gasteiger charge is 2.24. The molecule has 0 aromatic carbocycles. The number of rotatable bonds is 2. The summed E-state index contributed by atoms with van der Waals surface area (Å²) in [7, 11) is 0. The van der Waals surface area contributed by atoms with Crippen molar-refractivity contribution in [3.05, 3.63) is 36.5 Å². The van der Waals surface area contributed by atoms with Crippen molar-refractivity contribution < 1.29 is 4.79 Å². The Kier molecular flexibility index (Phi) is 3.42. The number of pyridine rings is 1. The van der Waals surface area contributed by atoms with Gasteiger partial charge in [0.15, 0.2) is 5.82 Å². The zero-order valence-electron chi connectivity index (χ0n) is 11.2. The van der Waals surface area contributed by atoms with E-state index in [1.807, 2.05) is 11.8 Å². The summed E-state index contributed by atoms with van der Waals surface area (Å²) in [6.45, 7) is 4.43. The van der Waals surface area contributed by atoms with E-state index in [-0.39, 0.29) is 11.9 Å². The summed E-state index contributed by atoms with van der Waals surface area (Å²) in [4.78, 5) is 22.4. The minimum absolute atomic E-state index is 0.0247. The molecule has 1 aliphatic rings. The van der Waals surface area contributed by atoms with Crippen molar-refractivity contribution in [3.8, 4) is 5.82 Å². The number of carbonyl (C=O) groups excluding carboxylic acids is 1. The molecule has 2 aromatic rings. The van der Waals surface area contributed by atoms with Gasteiger partial charge in [-0.3, -0.25) is 4.79 Å². The second-order valence-electron chi connectivity index (χ2n) is 4.80. The molecule has 2 aromatic heterocycles. The van der Waals surface area contributed by atoms with Crippen LogP contribution < -0.4 is 5.32 Å². The molecule has 104 valence electrons. The van der Waals surface area contributed by atoms with Crippen molar-refractivity contribution in [1.29, 1.82) is 0 Å². The molecule has 1 saturated heterocycles. The fourth-order valence-electron chi connectivity index (χ4n) is 2.28. The topological polar surface area (TPSA) is 75.9 Å². The Balaban J connectivity index is 1.78. The van der Waals surface area contributed by atoms with Gasteiger partial charge < -0.3 is 10.2 Å². The first-order valence-electron chi connectivity index (χ1n) is 6.58. The van der Waals surface area contributed by atoms with Gasteiger partial charge in [0.05, 0.1) is 5.56 Å². The van der Waals surface area contributed by atoms with Crippen LogP contribution in [0.15, 0.2) is 31.0 Å². The molecule has 7 nitrogen and oxygen atoms in total. The monoisotopic (exact) mass is 272 g/mol. The molecule has 1 fully saturated rings. The van der Waals surface area contributed by atoms with Crippen molar-refractivity contribution in [3.63, 3.8) is 0 Å². The normalized spacial score (nSPS) is 19.1. The van der Waals surface area contributed by atoms with Gasteiger partial charge in [0.25, 0.3) is 5.91 Å². The summed E-state index contributed by atoms with van der Waals surface area (Å²) in [5.74, 6) is 0.670. The molecule has 1 atom stereocenters. The maximum absolute atomic E-state index is 12.4. The summed E-state index contributed by atoms with van der Waals surface area (Å²) in [6.07, 6.45) is 4.61. The number of piperazine rings is 1. The highest BCUT2D eigenvalue weighted by Crippen LogP contribution is 2.11. The molecule has 1 aliphatic heterocycles. The predicted molar refractivity (Wildman–Crippen MR) is 72.5 cm³/mol. The van der Waals surface area contributed by atoms with Crippen LogP contribution in [-0.4, -0.2) is 56.2 Å². The lowest BCUT2D eigenvalue weighted by molar-refractivity contribution is 0.0655. The van der Waals surface area contributed by atoms with Crippen LogP contribution in [0.5, 0.6) is 0 Å². The Morgan fingerprint density at radius 2 is 2.35 bits per heavy atom. The lowest BCUT2D eigenvalue weighted by Crippen LogP contribution is -2.52. The van der Waals surface area contributed by atoms with Gasteiger partial charge in [-0.1, -0.05) is 0 Å². The fraction of sp³-hybridized carbons (Fsp3) is 0.385. The smallest absolute Gasteiger partial charge is 0.255 e. The second-order valence-corrected chi connectivity index (χ2v) is 4.80. The largest absolute Gasteiger partial charge is 0.333 e. The molecule has 3 heterocycles. The number of hydrogen-bond donors (Lipinski definition) is 1. The zero-order chi connectivity index (χ0) is 13.9. The summed E-state index contributed by atoms with van der Waals surface area (Å²) < 4.78 is 1.56. The van der Waals surface area contributed by atoms with Gasteiger partial charge in [-0.05, 0) is 19.1 Å². The quantitative estimate of drug-likeness (QED) is 0.839. The number of nitrogens with one attached hydrogen (secondary N) is 1. The first kappa shape index (κ1) is 12.7. The molecule has 1 amide bonds. The summed E-state index contributed by atoms with van der Waals surface area (Å²) in [5.41, 5.74) is 0.600. The molecular formula is C13H16N6O. The van der Waals surface area contributed by atoms with Crippen molar-refractivity contribution in [2.45, 2.75) is 13.0 Å². The van der Waals surface area contributed by atoms with Crippen LogP contribution in [0.4, 0.5) is 0 Å². The zero-order valence-corrected chi connectivity index (χ0v) is 11.2. The number of amides is 1. The third-order valence-corrected chi connectivity index (χ3v) is 3.41. The molecule has 7 heteroatoms. The average Bonchev–Trinajstić information content (AvgIpc) is 3.01. The Bertz CT molecular complexity index is 579. The first-order valence-corrected chi connectivity index (χ1v) is 6.58. The van der Waals surface area contributed by atoms with E-state index >= 15 is 0 Å². The van der Waals surface area contributed by atoms with E-state index in [4.69, 9.17) is 0 Å². The van der Waals surface area contributed by atoms with Gasteiger partial charge >= 0.3 is 0 Å². The Labute approximate surface area is 116 Å². The van der Waals surface area contributed by atoms with Gasteiger partial charge in [-0.2, -0.15) is 5.10 Å². The molecule has 0 spiro atoms. The maximum Gasteiger partial charge on any atom is 0.255 e. The van der Waals surface area contributed by atoms with E-state index in [1.165, 1.54) is 6.33 Å². The van der Waals surface area contributed by atoms with Crippen LogP contribution in [0.25, 0.3) is 5.82 Å². The van der Waals surface area contributed by atoms with Gasteiger partial charge in [0.2, 0.25) is 0 Å². The summed E-state index contributed by atoms with van der Waals surface area (Å²) >= 11 is 0. The molecule has 0 bridgehead atoms. The van der Waals surface area contributed by atoms with E-state index in [0.717, 1.165) is 19.6 Å². The highest BCUT2D eigenvalue weighted by molar-refractivity contribution is 5.94. The molecule has 0 radical (unpaired) electrons. The lowest BCUT2D eigenvalue weighted by Gasteiger charge is -2.33. The number of nitrogens with zero attached hydrogens (tertiary/aromatic N) is 5. The van der Waals surface area contributed by atoms with E-state index in [0.29, 0.717) is 11.4 Å². The molecule has 0 aliphatic carbocycles. The molecule has 1 N–H and O–H groups in total. The molecule has 0 saturated carbocycles. The first-order chi connectivity index (χ1) is 9.75. The Hall–Kier alpha value is -2.28. The van der Waals surface area contributed by atoms with Crippen molar-refractivity contribution in [2.75, 3.05) is 19.6 Å². The lowest BCUT2D eigenvalue weighted by atomic mass is 10.1. The average molecular weight is 272 g/mol. The second kappa shape index (κ2) is 5.38. The molecular weight excluding hydrogens is 256 g/mol. The van der Waals surface area contributed by atoms with E-state index in [2.05, 4.69) is 20.4 Å². The number of carbonyl (C=O) groups is 1. The number of aromatic nitrogens is 4. The Morgan fingerprint density at radius 1 is 1.45 bits per heavy atom. The van der Waals surface area contributed by atoms with Crippen LogP contribution in [0, 0.1) is 0 Å². The van der Waals surface area contributed by atoms with Gasteiger partial charge in [-0.15, -0.1) is 0 Å². The standard InChI is InChI=1S/C13H16N6O/c1-10-6-14-4-5-18(10)13(20)11-2-3-12(16-7-11)19-9-15-8-17-19/h2-3,7-10,14H,4-6H2,1H3/t10-/m1/s1. The molecule has 20 heavy (non-hydrogen) atoms. The highest BCUT2D eigenvalue weighted by atomic mass is 16.2. The molecule has 3 rings (SSSR count). The van der Waals surface area contributed by atoms with E-state index < -0.39 is 0 Å². The SMILES string of the molecule is C[C@@H]1CNCCN1C(=O)c1ccc(-n2cncn2)nc1. The molecule has 0 unspecified atom stereocenters. The third kappa shape index (κ3) is 2.39. The Morgan fingerprint density at radius 3 is 3.00 bits per heavy atom. The minimum Gasteiger partial charge on any atom is -0.333 e. The van der Waals surface area contributed by atoms with E-state index in [9.17, 15) is 4.79 Å². The van der Waals surface area contributed by atoms with Crippen molar-refractivity contribution in [2.24, 2.45) is 0 Å². The summed E-state index contributed by atoms with van der Waals surface area (Å²) in [5, 5.41) is 7.27. The van der Waals surface area contributed by atoms with Crippen molar-refractivity contribution >= 4 is 5.91 Å². The van der Waals surface area contributed by atoms with Crippen LogP contribution >= 0.6 is 0 Å². The summed E-state index contributed by atoms with van der Waals surface area (Å²) in [6, 6.07) is 3.75. The fourth-order valence-corrected chi connectivity index (χ4v) is 2.28. The van der Waals surface area contributed by atoms with E-state index in [1.54, 1.807) is 29.3 Å². The van der Waals surface area contributed by atoms with Crippen molar-refractivity contribution in [1.82, 2.24) is 30.0 Å². The number of hydrogen-bond acceptors (Lipinski definition) is 5. The maximum atomic E-state index is 12.4. The van der Waals surface area contributed by atoms with Gasteiger partial charge in [0.1, 0.15) is 12.7 Å². The van der Waals surface area contributed by atoms with Crippen LogP contribution in [0.2, 0.25) is 0 Å². The van der Waals surface area contributed by atoms with Crippen LogP contribution in [0.3, 0.4) is 0 Å².